The van der Waals surface area contributed by atoms with Crippen LogP contribution in [0.25, 0.3) is 0 Å². The number of hydrogen-bond acceptors (Lipinski definition) is 2. The number of hydrogen-bond donors (Lipinski definition) is 1. The Balaban J connectivity index is 2.84. The van der Waals surface area contributed by atoms with Gasteiger partial charge in [-0.3, -0.25) is 9.78 Å². The van der Waals surface area contributed by atoms with Crippen molar-refractivity contribution in [2.75, 3.05) is 0 Å². The summed E-state index contributed by atoms with van der Waals surface area (Å²) in [6.45, 7) is 5.50. The van der Waals surface area contributed by atoms with E-state index >= 15 is 0 Å². The standard InChI is InChI=1S/C13H18F2N2O/c1-4-10(5-2)17-13(18)9-6-8(3)11(12(14)15)16-7-9/h6-7,10,12H,4-5H2,1-3H3,(H,17,18). The average molecular weight is 256 g/mol. The van der Waals surface area contributed by atoms with E-state index in [0.29, 0.717) is 11.1 Å². The number of nitrogens with one attached hydrogen (secondary N) is 1. The summed E-state index contributed by atoms with van der Waals surface area (Å²) < 4.78 is 25.0. The number of alkyl halides is 2. The molecule has 0 saturated heterocycles. The minimum Gasteiger partial charge on any atom is -0.349 e. The van der Waals surface area contributed by atoms with E-state index < -0.39 is 6.43 Å². The maximum atomic E-state index is 12.5. The third-order valence-corrected chi connectivity index (χ3v) is 2.91. The minimum atomic E-state index is -2.61. The van der Waals surface area contributed by atoms with Gasteiger partial charge in [0.15, 0.2) is 0 Å². The van der Waals surface area contributed by atoms with Crippen LogP contribution in [-0.4, -0.2) is 16.9 Å². The second-order valence-corrected chi connectivity index (χ2v) is 4.21. The summed E-state index contributed by atoms with van der Waals surface area (Å²) in [6.07, 6.45) is 0.265. The molecule has 5 heteroatoms. The normalized spacial score (nSPS) is 11.1. The van der Waals surface area contributed by atoms with Gasteiger partial charge in [-0.15, -0.1) is 0 Å². The number of aryl methyl sites for hydroxylation is 1. The average Bonchev–Trinajstić information content (AvgIpc) is 2.34. The third kappa shape index (κ3) is 3.48. The molecule has 0 aliphatic carbocycles. The fraction of sp³-hybridized carbons (Fsp3) is 0.538. The van der Waals surface area contributed by atoms with E-state index in [1.54, 1.807) is 0 Å². The van der Waals surface area contributed by atoms with E-state index in [4.69, 9.17) is 0 Å². The van der Waals surface area contributed by atoms with Crippen LogP contribution in [0.3, 0.4) is 0 Å². The van der Waals surface area contributed by atoms with Crippen LogP contribution in [-0.2, 0) is 0 Å². The summed E-state index contributed by atoms with van der Waals surface area (Å²) in [4.78, 5) is 15.5. The largest absolute Gasteiger partial charge is 0.349 e. The van der Waals surface area contributed by atoms with Gasteiger partial charge in [0.1, 0.15) is 5.69 Å². The molecule has 1 aromatic rings. The first-order chi connectivity index (χ1) is 8.49. The summed E-state index contributed by atoms with van der Waals surface area (Å²) in [6, 6.07) is 1.55. The summed E-state index contributed by atoms with van der Waals surface area (Å²) >= 11 is 0. The van der Waals surface area contributed by atoms with Gasteiger partial charge < -0.3 is 5.32 Å². The molecule has 0 aromatic carbocycles. The minimum absolute atomic E-state index is 0.104. The second-order valence-electron chi connectivity index (χ2n) is 4.21. The summed E-state index contributed by atoms with van der Waals surface area (Å²) in [5.41, 5.74) is 0.389. The molecule has 3 nitrogen and oxygen atoms in total. The van der Waals surface area contributed by atoms with Crippen LogP contribution in [0.4, 0.5) is 8.78 Å². The quantitative estimate of drug-likeness (QED) is 0.878. The third-order valence-electron chi connectivity index (χ3n) is 2.91. The molecular weight excluding hydrogens is 238 g/mol. The number of aromatic nitrogens is 1. The lowest BCUT2D eigenvalue weighted by molar-refractivity contribution is 0.0933. The van der Waals surface area contributed by atoms with Crippen molar-refractivity contribution in [3.05, 3.63) is 29.1 Å². The van der Waals surface area contributed by atoms with Crippen molar-refractivity contribution in [1.29, 1.82) is 0 Å². The molecule has 100 valence electrons. The van der Waals surface area contributed by atoms with Crippen LogP contribution < -0.4 is 5.32 Å². The highest BCUT2D eigenvalue weighted by atomic mass is 19.3. The van der Waals surface area contributed by atoms with Gasteiger partial charge in [0.2, 0.25) is 0 Å². The highest BCUT2D eigenvalue weighted by molar-refractivity contribution is 5.94. The van der Waals surface area contributed by atoms with E-state index in [2.05, 4.69) is 10.3 Å². The van der Waals surface area contributed by atoms with E-state index in [9.17, 15) is 13.6 Å². The van der Waals surface area contributed by atoms with Crippen molar-refractivity contribution < 1.29 is 13.6 Å². The molecular formula is C13H18F2N2O. The van der Waals surface area contributed by atoms with Crippen molar-refractivity contribution in [2.24, 2.45) is 0 Å². The molecule has 1 heterocycles. The molecule has 0 aliphatic rings. The Morgan fingerprint density at radius 2 is 2.00 bits per heavy atom. The SMILES string of the molecule is CCC(CC)NC(=O)c1cnc(C(F)F)c(C)c1. The number of carbonyl (C=O) groups excluding carboxylic acids is 1. The van der Waals surface area contributed by atoms with E-state index in [0.717, 1.165) is 12.8 Å². The van der Waals surface area contributed by atoms with E-state index in [1.807, 2.05) is 13.8 Å². The number of rotatable bonds is 5. The molecule has 1 N–H and O–H groups in total. The first-order valence-electron chi connectivity index (χ1n) is 6.05. The van der Waals surface area contributed by atoms with Crippen molar-refractivity contribution in [3.63, 3.8) is 0 Å². The monoisotopic (exact) mass is 256 g/mol. The predicted octanol–water partition coefficient (Wildman–Crippen LogP) is 3.25. The maximum Gasteiger partial charge on any atom is 0.280 e. The predicted molar refractivity (Wildman–Crippen MR) is 65.8 cm³/mol. The van der Waals surface area contributed by atoms with Gasteiger partial charge in [0, 0.05) is 12.2 Å². The Morgan fingerprint density at radius 3 is 2.44 bits per heavy atom. The van der Waals surface area contributed by atoms with Gasteiger partial charge in [0.25, 0.3) is 12.3 Å². The van der Waals surface area contributed by atoms with Crippen LogP contribution in [0.1, 0.15) is 54.7 Å². The van der Waals surface area contributed by atoms with Gasteiger partial charge in [-0.05, 0) is 31.4 Å². The molecule has 0 radical (unpaired) electrons. The van der Waals surface area contributed by atoms with Gasteiger partial charge in [-0.1, -0.05) is 13.8 Å². The zero-order valence-electron chi connectivity index (χ0n) is 10.8. The highest BCUT2D eigenvalue weighted by Gasteiger charge is 2.16. The molecule has 0 saturated carbocycles. The first-order valence-corrected chi connectivity index (χ1v) is 6.05. The van der Waals surface area contributed by atoms with Crippen molar-refractivity contribution in [3.8, 4) is 0 Å². The molecule has 0 atom stereocenters. The van der Waals surface area contributed by atoms with E-state index in [1.165, 1.54) is 19.2 Å². The van der Waals surface area contributed by atoms with Crippen LogP contribution in [0.15, 0.2) is 12.3 Å². The lowest BCUT2D eigenvalue weighted by atomic mass is 10.1. The Kier molecular flexibility index (Phi) is 5.19. The molecule has 1 aromatic heterocycles. The topological polar surface area (TPSA) is 42.0 Å². The summed E-state index contributed by atoms with van der Waals surface area (Å²) in [5, 5.41) is 2.84. The summed E-state index contributed by atoms with van der Waals surface area (Å²) in [7, 11) is 0. The molecule has 0 spiro atoms. The molecule has 0 bridgehead atoms. The first kappa shape index (κ1) is 14.5. The lowest BCUT2D eigenvalue weighted by Gasteiger charge is -2.15. The van der Waals surface area contributed by atoms with Crippen molar-refractivity contribution in [2.45, 2.75) is 46.1 Å². The summed E-state index contributed by atoms with van der Waals surface area (Å²) in [5.74, 6) is -0.264. The fourth-order valence-electron chi connectivity index (χ4n) is 1.70. The zero-order valence-corrected chi connectivity index (χ0v) is 10.8. The van der Waals surface area contributed by atoms with Gasteiger partial charge in [-0.25, -0.2) is 8.78 Å². The molecule has 0 fully saturated rings. The number of carbonyl (C=O) groups is 1. The number of pyridine rings is 1. The molecule has 1 amide bonds. The molecule has 18 heavy (non-hydrogen) atoms. The highest BCUT2D eigenvalue weighted by Crippen LogP contribution is 2.20. The lowest BCUT2D eigenvalue weighted by Crippen LogP contribution is -2.33. The second kappa shape index (κ2) is 6.42. The Bertz CT molecular complexity index is 417. The van der Waals surface area contributed by atoms with Gasteiger partial charge >= 0.3 is 0 Å². The zero-order chi connectivity index (χ0) is 13.7. The Morgan fingerprint density at radius 1 is 1.39 bits per heavy atom. The number of amides is 1. The number of halogens is 2. The van der Waals surface area contributed by atoms with Crippen LogP contribution >= 0.6 is 0 Å². The van der Waals surface area contributed by atoms with Crippen LogP contribution in [0, 0.1) is 6.92 Å². The maximum absolute atomic E-state index is 12.5. The van der Waals surface area contributed by atoms with Gasteiger partial charge in [-0.2, -0.15) is 0 Å². The van der Waals surface area contributed by atoms with E-state index in [-0.39, 0.29) is 17.6 Å². The van der Waals surface area contributed by atoms with Gasteiger partial charge in [0.05, 0.1) is 5.56 Å². The van der Waals surface area contributed by atoms with Crippen LogP contribution in [0.2, 0.25) is 0 Å². The van der Waals surface area contributed by atoms with Crippen LogP contribution in [0.5, 0.6) is 0 Å². The van der Waals surface area contributed by atoms with Crippen molar-refractivity contribution in [1.82, 2.24) is 10.3 Å². The molecule has 0 aliphatic heterocycles. The Hall–Kier alpha value is -1.52. The Labute approximate surface area is 106 Å². The molecule has 1 rings (SSSR count). The fourth-order valence-corrected chi connectivity index (χ4v) is 1.70. The van der Waals surface area contributed by atoms with Crippen molar-refractivity contribution >= 4 is 5.91 Å². The molecule has 0 unspecified atom stereocenters. The number of nitrogens with zero attached hydrogens (tertiary/aromatic N) is 1. The smallest absolute Gasteiger partial charge is 0.280 e.